The van der Waals surface area contributed by atoms with Crippen molar-refractivity contribution in [2.45, 2.75) is 6.92 Å². The third-order valence-corrected chi connectivity index (χ3v) is 2.42. The van der Waals surface area contributed by atoms with Gasteiger partial charge in [0.1, 0.15) is 5.75 Å². The molecule has 0 aliphatic heterocycles. The number of nitrogens with one attached hydrogen (secondary N) is 2. The van der Waals surface area contributed by atoms with Gasteiger partial charge in [0.05, 0.1) is 13.3 Å². The van der Waals surface area contributed by atoms with Crippen LogP contribution in [0.15, 0.2) is 29.4 Å². The predicted octanol–water partition coefficient (Wildman–Crippen LogP) is 1.06. The van der Waals surface area contributed by atoms with E-state index in [4.69, 9.17) is 17.0 Å². The summed E-state index contributed by atoms with van der Waals surface area (Å²) in [6, 6.07) is 7.11. The van der Waals surface area contributed by atoms with Crippen LogP contribution in [-0.2, 0) is 9.53 Å². The number of carbonyl (C=O) groups excluding carboxylic acids is 1. The van der Waals surface area contributed by atoms with Crippen LogP contribution in [0.1, 0.15) is 12.5 Å². The molecule has 0 heterocycles. The van der Waals surface area contributed by atoms with Gasteiger partial charge >= 0.3 is 5.97 Å². The topological polar surface area (TPSA) is 72.0 Å². The average molecular weight is 295 g/mol. The number of rotatable bonds is 6. The van der Waals surface area contributed by atoms with E-state index in [1.807, 2.05) is 19.1 Å². The molecule has 7 heteroatoms. The van der Waals surface area contributed by atoms with E-state index >= 15 is 0 Å². The molecule has 0 atom stereocenters. The minimum absolute atomic E-state index is 0.109. The van der Waals surface area contributed by atoms with Gasteiger partial charge in [-0.2, -0.15) is 5.10 Å². The summed E-state index contributed by atoms with van der Waals surface area (Å²) in [7, 11) is 1.32. The molecular formula is C13H17N3O3S. The number of thiocarbonyl (C=S) groups is 1. The number of hydrogen-bond acceptors (Lipinski definition) is 5. The first-order valence-corrected chi connectivity index (χ1v) is 6.43. The molecule has 6 nitrogen and oxygen atoms in total. The Morgan fingerprint density at radius 1 is 1.40 bits per heavy atom. The van der Waals surface area contributed by atoms with Crippen LogP contribution in [0.5, 0.6) is 5.75 Å². The molecule has 0 spiro atoms. The Morgan fingerprint density at radius 3 is 2.70 bits per heavy atom. The van der Waals surface area contributed by atoms with Gasteiger partial charge in [-0.1, -0.05) is 0 Å². The van der Waals surface area contributed by atoms with E-state index < -0.39 is 5.97 Å². The molecule has 108 valence electrons. The minimum atomic E-state index is -0.420. The zero-order valence-electron chi connectivity index (χ0n) is 11.4. The normalized spacial score (nSPS) is 10.1. The van der Waals surface area contributed by atoms with Crippen molar-refractivity contribution < 1.29 is 14.3 Å². The van der Waals surface area contributed by atoms with Gasteiger partial charge in [0, 0.05) is 6.54 Å². The Kier molecular flexibility index (Phi) is 7.05. The molecule has 0 aliphatic carbocycles. The molecule has 0 saturated carbocycles. The number of methoxy groups -OCH3 is 1. The van der Waals surface area contributed by atoms with Gasteiger partial charge in [0.15, 0.2) is 11.7 Å². The number of esters is 1. The van der Waals surface area contributed by atoms with E-state index in [1.165, 1.54) is 7.11 Å². The van der Waals surface area contributed by atoms with Gasteiger partial charge in [-0.05, 0) is 49.0 Å². The molecule has 0 saturated heterocycles. The van der Waals surface area contributed by atoms with Crippen molar-refractivity contribution in [2.75, 3.05) is 20.3 Å². The summed E-state index contributed by atoms with van der Waals surface area (Å²) in [6.45, 7) is 2.58. The fraction of sp³-hybridized carbons (Fsp3) is 0.308. The van der Waals surface area contributed by atoms with Crippen molar-refractivity contribution in [1.82, 2.24) is 10.7 Å². The van der Waals surface area contributed by atoms with Crippen molar-refractivity contribution >= 4 is 29.5 Å². The standard InChI is InChI=1S/C13H17N3O3S/c1-3-14-13(20)16-15-8-10-4-6-11(7-5-10)19-9-12(17)18-2/h4-8H,3,9H2,1-2H3,(H2,14,16,20). The Morgan fingerprint density at radius 2 is 2.10 bits per heavy atom. The zero-order valence-corrected chi connectivity index (χ0v) is 12.2. The van der Waals surface area contributed by atoms with E-state index in [0.717, 1.165) is 12.1 Å². The third kappa shape index (κ3) is 6.14. The maximum atomic E-state index is 10.9. The quantitative estimate of drug-likeness (QED) is 0.354. The first-order valence-electron chi connectivity index (χ1n) is 6.02. The first-order chi connectivity index (χ1) is 9.65. The molecule has 20 heavy (non-hydrogen) atoms. The number of benzene rings is 1. The summed E-state index contributed by atoms with van der Waals surface area (Å²) >= 11 is 4.96. The highest BCUT2D eigenvalue weighted by atomic mass is 32.1. The van der Waals surface area contributed by atoms with Gasteiger partial charge in [0.2, 0.25) is 0 Å². The summed E-state index contributed by atoms with van der Waals surface area (Å²) in [5, 5.41) is 7.37. The van der Waals surface area contributed by atoms with Crippen LogP contribution in [0.4, 0.5) is 0 Å². The Bertz CT molecular complexity index is 474. The maximum absolute atomic E-state index is 10.9. The molecule has 0 amide bonds. The van der Waals surface area contributed by atoms with Crippen molar-refractivity contribution in [2.24, 2.45) is 5.10 Å². The molecule has 2 N–H and O–H groups in total. The lowest BCUT2D eigenvalue weighted by atomic mass is 10.2. The predicted molar refractivity (Wildman–Crippen MR) is 81.0 cm³/mol. The van der Waals surface area contributed by atoms with Gasteiger partial charge < -0.3 is 14.8 Å². The summed E-state index contributed by atoms with van der Waals surface area (Å²) in [6.07, 6.45) is 1.63. The highest BCUT2D eigenvalue weighted by Gasteiger charge is 2.01. The van der Waals surface area contributed by atoms with Gasteiger partial charge in [0.25, 0.3) is 0 Å². The van der Waals surface area contributed by atoms with Crippen LogP contribution < -0.4 is 15.5 Å². The van der Waals surface area contributed by atoms with Crippen molar-refractivity contribution in [1.29, 1.82) is 0 Å². The van der Waals surface area contributed by atoms with E-state index in [9.17, 15) is 4.79 Å². The molecule has 1 aromatic carbocycles. The highest BCUT2D eigenvalue weighted by molar-refractivity contribution is 7.80. The molecule has 0 unspecified atom stereocenters. The Labute approximate surface area is 123 Å². The largest absolute Gasteiger partial charge is 0.482 e. The summed E-state index contributed by atoms with van der Waals surface area (Å²) in [5.41, 5.74) is 3.57. The van der Waals surface area contributed by atoms with Crippen molar-refractivity contribution in [3.8, 4) is 5.75 Å². The van der Waals surface area contributed by atoms with Crippen molar-refractivity contribution in [3.63, 3.8) is 0 Å². The number of nitrogens with zero attached hydrogens (tertiary/aromatic N) is 1. The zero-order chi connectivity index (χ0) is 14.8. The van der Waals surface area contributed by atoms with Crippen LogP contribution in [0.3, 0.4) is 0 Å². The molecule has 0 aliphatic rings. The van der Waals surface area contributed by atoms with Gasteiger partial charge in [-0.15, -0.1) is 0 Å². The van der Waals surface area contributed by atoms with Gasteiger partial charge in [-0.25, -0.2) is 4.79 Å². The molecule has 1 aromatic rings. The lowest BCUT2D eigenvalue weighted by molar-refractivity contribution is -0.142. The number of hydrogen-bond donors (Lipinski definition) is 2. The van der Waals surface area contributed by atoms with Crippen molar-refractivity contribution in [3.05, 3.63) is 29.8 Å². The lowest BCUT2D eigenvalue weighted by Crippen LogP contribution is -2.31. The van der Waals surface area contributed by atoms with Gasteiger partial charge in [-0.3, -0.25) is 5.43 Å². The fourth-order valence-electron chi connectivity index (χ4n) is 1.22. The second-order valence-corrected chi connectivity index (χ2v) is 4.07. The molecule has 1 rings (SSSR count). The smallest absolute Gasteiger partial charge is 0.343 e. The maximum Gasteiger partial charge on any atom is 0.343 e. The monoisotopic (exact) mass is 295 g/mol. The lowest BCUT2D eigenvalue weighted by Gasteiger charge is -2.05. The summed E-state index contributed by atoms with van der Waals surface area (Å²) in [4.78, 5) is 10.9. The first kappa shape index (κ1) is 15.9. The van der Waals surface area contributed by atoms with Crippen LogP contribution in [0, 0.1) is 0 Å². The fourth-order valence-corrected chi connectivity index (χ4v) is 1.41. The Hall–Kier alpha value is -2.15. The average Bonchev–Trinajstić information content (AvgIpc) is 2.46. The summed E-state index contributed by atoms with van der Waals surface area (Å²) < 4.78 is 9.70. The van der Waals surface area contributed by atoms with Crippen LogP contribution in [0.25, 0.3) is 0 Å². The number of hydrazone groups is 1. The molecule has 0 fully saturated rings. The van der Waals surface area contributed by atoms with E-state index in [1.54, 1.807) is 18.3 Å². The minimum Gasteiger partial charge on any atom is -0.482 e. The molecule has 0 aromatic heterocycles. The van der Waals surface area contributed by atoms with Crippen LogP contribution in [0.2, 0.25) is 0 Å². The third-order valence-electron chi connectivity index (χ3n) is 2.18. The SMILES string of the molecule is CCNC(=S)NN=Cc1ccc(OCC(=O)OC)cc1. The second kappa shape index (κ2) is 8.87. The number of carbonyl (C=O) groups is 1. The van der Waals surface area contributed by atoms with Crippen LogP contribution in [-0.4, -0.2) is 37.6 Å². The second-order valence-electron chi connectivity index (χ2n) is 3.66. The summed E-state index contributed by atoms with van der Waals surface area (Å²) in [5.74, 6) is 0.167. The van der Waals surface area contributed by atoms with E-state index in [0.29, 0.717) is 10.9 Å². The van der Waals surface area contributed by atoms with E-state index in [2.05, 4.69) is 20.6 Å². The molecule has 0 radical (unpaired) electrons. The Balaban J connectivity index is 2.44. The van der Waals surface area contributed by atoms with E-state index in [-0.39, 0.29) is 6.61 Å². The molecular weight excluding hydrogens is 278 g/mol. The number of ether oxygens (including phenoxy) is 2. The van der Waals surface area contributed by atoms with Crippen LogP contribution >= 0.6 is 12.2 Å². The molecule has 0 bridgehead atoms. The highest BCUT2D eigenvalue weighted by Crippen LogP contribution is 2.10.